The molecule has 2 aromatic rings. The van der Waals surface area contributed by atoms with E-state index in [-0.39, 0.29) is 11.5 Å². The molecule has 34 heavy (non-hydrogen) atoms. The highest BCUT2D eigenvalue weighted by molar-refractivity contribution is 5.91. The lowest BCUT2D eigenvalue weighted by Crippen LogP contribution is -2.09. The maximum Gasteiger partial charge on any atom is 0.343 e. The predicted octanol–water partition coefficient (Wildman–Crippen LogP) is 8.52. The summed E-state index contributed by atoms with van der Waals surface area (Å²) in [7, 11) is 0. The number of ether oxygens (including phenoxy) is 3. The molecule has 5 heteroatoms. The van der Waals surface area contributed by atoms with Crippen LogP contribution in [0.5, 0.6) is 17.2 Å². The number of carbonyl (C=O) groups is 1. The zero-order chi connectivity index (χ0) is 24.4. The molecule has 0 amide bonds. The van der Waals surface area contributed by atoms with Crippen molar-refractivity contribution in [3.05, 3.63) is 53.8 Å². The van der Waals surface area contributed by atoms with Gasteiger partial charge in [0.15, 0.2) is 11.6 Å². The first kappa shape index (κ1) is 27.7. The van der Waals surface area contributed by atoms with Gasteiger partial charge in [0.2, 0.25) is 0 Å². The molecule has 0 atom stereocenters. The first-order valence-electron chi connectivity index (χ1n) is 13.0. The molecule has 0 aliphatic heterocycles. The molecule has 0 saturated carbocycles. The van der Waals surface area contributed by atoms with E-state index in [9.17, 15) is 9.18 Å². The molecule has 0 heterocycles. The van der Waals surface area contributed by atoms with E-state index in [0.29, 0.717) is 18.8 Å². The minimum atomic E-state index is -0.539. The highest BCUT2D eigenvalue weighted by Gasteiger charge is 2.12. The Morgan fingerprint density at radius 3 is 1.79 bits per heavy atom. The Labute approximate surface area is 204 Å². The van der Waals surface area contributed by atoms with Gasteiger partial charge in [0.05, 0.1) is 18.8 Å². The fourth-order valence-corrected chi connectivity index (χ4v) is 3.65. The summed E-state index contributed by atoms with van der Waals surface area (Å²) >= 11 is 0. The van der Waals surface area contributed by atoms with E-state index in [0.717, 1.165) is 25.0 Å². The van der Waals surface area contributed by atoms with Crippen molar-refractivity contribution in [2.75, 3.05) is 13.2 Å². The average Bonchev–Trinajstić information content (AvgIpc) is 2.84. The highest BCUT2D eigenvalue weighted by Crippen LogP contribution is 2.24. The summed E-state index contributed by atoms with van der Waals surface area (Å²) in [6.07, 6.45) is 14.2. The topological polar surface area (TPSA) is 44.8 Å². The average molecular weight is 473 g/mol. The second-order valence-electron chi connectivity index (χ2n) is 8.74. The van der Waals surface area contributed by atoms with Gasteiger partial charge in [0.1, 0.15) is 11.5 Å². The lowest BCUT2D eigenvalue weighted by Gasteiger charge is -2.10. The van der Waals surface area contributed by atoms with Gasteiger partial charge in [-0.05, 0) is 49.2 Å². The standard InChI is InChI=1S/C29H41FO4/c1-3-5-7-9-10-12-13-21-32-25-17-15-24(16-18-25)29(31)34-26-19-20-28(27(30)23-26)33-22-14-11-8-6-4-2/h15-20,23H,3-14,21-22H2,1-2H3. The number of carbonyl (C=O) groups excluding carboxylic acids is 1. The number of unbranched alkanes of at least 4 members (excludes halogenated alkanes) is 10. The van der Waals surface area contributed by atoms with Gasteiger partial charge < -0.3 is 14.2 Å². The van der Waals surface area contributed by atoms with Gasteiger partial charge in [-0.1, -0.05) is 78.1 Å². The van der Waals surface area contributed by atoms with Crippen LogP contribution in [0, 0.1) is 5.82 Å². The predicted molar refractivity (Wildman–Crippen MR) is 136 cm³/mol. The number of halogens is 1. The quantitative estimate of drug-likeness (QED) is 0.124. The van der Waals surface area contributed by atoms with E-state index in [1.807, 2.05) is 0 Å². The van der Waals surface area contributed by atoms with E-state index in [1.54, 1.807) is 30.3 Å². The first-order valence-corrected chi connectivity index (χ1v) is 13.0. The Bertz CT molecular complexity index is 819. The van der Waals surface area contributed by atoms with E-state index in [2.05, 4.69) is 13.8 Å². The van der Waals surface area contributed by atoms with Gasteiger partial charge in [0.25, 0.3) is 0 Å². The minimum Gasteiger partial charge on any atom is -0.494 e. The van der Waals surface area contributed by atoms with Gasteiger partial charge >= 0.3 is 5.97 Å². The van der Waals surface area contributed by atoms with Crippen LogP contribution < -0.4 is 14.2 Å². The van der Waals surface area contributed by atoms with Crippen molar-refractivity contribution in [3.8, 4) is 17.2 Å². The van der Waals surface area contributed by atoms with E-state index in [4.69, 9.17) is 14.2 Å². The van der Waals surface area contributed by atoms with E-state index in [1.165, 1.54) is 69.9 Å². The smallest absolute Gasteiger partial charge is 0.343 e. The van der Waals surface area contributed by atoms with Gasteiger partial charge in [0, 0.05) is 6.07 Å². The number of rotatable bonds is 18. The molecular formula is C29H41FO4. The van der Waals surface area contributed by atoms with Crippen molar-refractivity contribution in [1.29, 1.82) is 0 Å². The molecule has 2 aromatic carbocycles. The molecule has 0 N–H and O–H groups in total. The third-order valence-corrected chi connectivity index (χ3v) is 5.73. The van der Waals surface area contributed by atoms with Gasteiger partial charge in [-0.25, -0.2) is 9.18 Å². The van der Waals surface area contributed by atoms with Crippen molar-refractivity contribution in [3.63, 3.8) is 0 Å². The molecule has 4 nitrogen and oxygen atoms in total. The summed E-state index contributed by atoms with van der Waals surface area (Å²) < 4.78 is 30.9. The summed E-state index contributed by atoms with van der Waals surface area (Å²) in [5.74, 6) is -0.0184. The first-order chi connectivity index (χ1) is 16.6. The number of benzene rings is 2. The molecule has 0 aliphatic carbocycles. The summed E-state index contributed by atoms with van der Waals surface area (Å²) in [4.78, 5) is 12.4. The monoisotopic (exact) mass is 472 g/mol. The molecule has 0 bridgehead atoms. The molecule has 0 unspecified atom stereocenters. The maximum absolute atomic E-state index is 14.3. The minimum absolute atomic E-state index is 0.150. The Morgan fingerprint density at radius 1 is 0.676 bits per heavy atom. The molecule has 0 fully saturated rings. The molecule has 0 saturated heterocycles. The third kappa shape index (κ3) is 11.0. The zero-order valence-corrected chi connectivity index (χ0v) is 21.0. The van der Waals surface area contributed by atoms with Crippen LogP contribution in [0.15, 0.2) is 42.5 Å². The summed E-state index contributed by atoms with van der Waals surface area (Å²) in [5, 5.41) is 0. The Morgan fingerprint density at radius 2 is 1.21 bits per heavy atom. The molecule has 0 radical (unpaired) electrons. The van der Waals surface area contributed by atoms with Crippen LogP contribution in [-0.4, -0.2) is 19.2 Å². The fourth-order valence-electron chi connectivity index (χ4n) is 3.65. The maximum atomic E-state index is 14.3. The van der Waals surface area contributed by atoms with Gasteiger partial charge in [-0.3, -0.25) is 0 Å². The summed E-state index contributed by atoms with van der Waals surface area (Å²) in [5.41, 5.74) is 0.385. The normalized spacial score (nSPS) is 10.8. The highest BCUT2D eigenvalue weighted by atomic mass is 19.1. The molecule has 188 valence electrons. The molecule has 2 rings (SSSR count). The van der Waals surface area contributed by atoms with Crippen LogP contribution in [0.2, 0.25) is 0 Å². The lowest BCUT2D eigenvalue weighted by molar-refractivity contribution is 0.0734. The number of esters is 1. The Hall–Kier alpha value is -2.56. The summed E-state index contributed by atoms with van der Waals surface area (Å²) in [6.45, 7) is 5.54. The fraction of sp³-hybridized carbons (Fsp3) is 0.552. The van der Waals surface area contributed by atoms with Crippen LogP contribution >= 0.6 is 0 Å². The number of hydrogen-bond acceptors (Lipinski definition) is 4. The van der Waals surface area contributed by atoms with Crippen LogP contribution in [0.4, 0.5) is 4.39 Å². The third-order valence-electron chi connectivity index (χ3n) is 5.73. The van der Waals surface area contributed by atoms with Gasteiger partial charge in [-0.2, -0.15) is 0 Å². The van der Waals surface area contributed by atoms with Crippen molar-refractivity contribution < 1.29 is 23.4 Å². The van der Waals surface area contributed by atoms with Crippen molar-refractivity contribution >= 4 is 5.97 Å². The summed E-state index contributed by atoms with van der Waals surface area (Å²) in [6, 6.07) is 11.1. The van der Waals surface area contributed by atoms with Crippen molar-refractivity contribution in [2.45, 2.75) is 90.9 Å². The van der Waals surface area contributed by atoms with Crippen LogP contribution in [0.3, 0.4) is 0 Å². The molecule has 0 aliphatic rings. The van der Waals surface area contributed by atoms with E-state index >= 15 is 0 Å². The Kier molecular flexibility index (Phi) is 13.8. The Balaban J connectivity index is 1.71. The van der Waals surface area contributed by atoms with E-state index < -0.39 is 11.8 Å². The largest absolute Gasteiger partial charge is 0.494 e. The van der Waals surface area contributed by atoms with Crippen LogP contribution in [0.1, 0.15) is 101 Å². The van der Waals surface area contributed by atoms with Gasteiger partial charge in [-0.15, -0.1) is 0 Å². The second-order valence-corrected chi connectivity index (χ2v) is 8.74. The molecular weight excluding hydrogens is 431 g/mol. The SMILES string of the molecule is CCCCCCCCCOc1ccc(C(=O)Oc2ccc(OCCCCCCC)c(F)c2)cc1. The van der Waals surface area contributed by atoms with Crippen molar-refractivity contribution in [1.82, 2.24) is 0 Å². The zero-order valence-electron chi connectivity index (χ0n) is 21.0. The molecule has 0 aromatic heterocycles. The van der Waals surface area contributed by atoms with Crippen LogP contribution in [0.25, 0.3) is 0 Å². The van der Waals surface area contributed by atoms with Crippen LogP contribution in [-0.2, 0) is 0 Å². The number of hydrogen-bond donors (Lipinski definition) is 0. The second kappa shape index (κ2) is 17.0. The molecule has 0 spiro atoms. The lowest BCUT2D eigenvalue weighted by atomic mass is 10.1. The van der Waals surface area contributed by atoms with Crippen molar-refractivity contribution in [2.24, 2.45) is 0 Å².